The van der Waals surface area contributed by atoms with E-state index in [2.05, 4.69) is 25.9 Å². The number of piperidine rings is 1. The lowest BCUT2D eigenvalue weighted by Crippen LogP contribution is -2.39. The molecule has 1 amide bonds. The van der Waals surface area contributed by atoms with Gasteiger partial charge in [0.15, 0.2) is 0 Å². The lowest BCUT2D eigenvalue weighted by Gasteiger charge is -2.30. The molecule has 98 valence electrons. The lowest BCUT2D eigenvalue weighted by atomic mass is 9.96. The first kappa shape index (κ1) is 13.1. The van der Waals surface area contributed by atoms with Crippen molar-refractivity contribution in [2.45, 2.75) is 12.8 Å². The fourth-order valence-electron chi connectivity index (χ4n) is 2.00. The molecule has 0 spiro atoms. The molecule has 0 aliphatic carbocycles. The van der Waals surface area contributed by atoms with E-state index in [0.717, 1.165) is 30.4 Å². The van der Waals surface area contributed by atoms with E-state index >= 15 is 0 Å². The summed E-state index contributed by atoms with van der Waals surface area (Å²) < 4.78 is 5.86. The first-order chi connectivity index (χ1) is 8.61. The van der Waals surface area contributed by atoms with Gasteiger partial charge in [0.1, 0.15) is 0 Å². The molecule has 7 heteroatoms. The van der Waals surface area contributed by atoms with Crippen LogP contribution < -0.4 is 15.4 Å². The van der Waals surface area contributed by atoms with E-state index in [-0.39, 0.29) is 11.8 Å². The molecule has 0 atom stereocenters. The minimum absolute atomic E-state index is 0.0291. The summed E-state index contributed by atoms with van der Waals surface area (Å²) in [5.74, 6) is 0.887. The first-order valence-corrected chi connectivity index (χ1v) is 6.52. The Morgan fingerprint density at radius 2 is 2.22 bits per heavy atom. The molecule has 1 saturated heterocycles. The molecule has 0 saturated carbocycles. The number of carbonyl (C=O) groups excluding carboxylic acids is 1. The average molecular weight is 315 g/mol. The number of anilines is 1. The zero-order chi connectivity index (χ0) is 13.1. The number of halogens is 1. The number of hydrogen-bond donors (Lipinski definition) is 1. The second-order valence-corrected chi connectivity index (χ2v) is 5.05. The molecule has 2 rings (SSSR count). The van der Waals surface area contributed by atoms with Crippen molar-refractivity contribution in [3.63, 3.8) is 0 Å². The standard InChI is InChI=1S/C11H15BrN4O2/c1-18-10-8(12)6-14-11(15-10)16-4-2-7(3-5-16)9(13)17/h6-7H,2-5H2,1H3,(H2,13,17). The Kier molecular flexibility index (Phi) is 4.00. The van der Waals surface area contributed by atoms with Crippen LogP contribution in [0.5, 0.6) is 5.88 Å². The summed E-state index contributed by atoms with van der Waals surface area (Å²) in [6.07, 6.45) is 3.16. The number of carbonyl (C=O) groups is 1. The molecule has 18 heavy (non-hydrogen) atoms. The second kappa shape index (κ2) is 5.51. The van der Waals surface area contributed by atoms with Gasteiger partial charge >= 0.3 is 0 Å². The molecule has 2 N–H and O–H groups in total. The average Bonchev–Trinajstić information content (AvgIpc) is 2.39. The van der Waals surface area contributed by atoms with Gasteiger partial charge in [-0.1, -0.05) is 0 Å². The molecule has 1 aromatic heterocycles. The van der Waals surface area contributed by atoms with Gasteiger partial charge in [-0.15, -0.1) is 0 Å². The van der Waals surface area contributed by atoms with Crippen LogP contribution >= 0.6 is 15.9 Å². The number of primary amides is 1. The van der Waals surface area contributed by atoms with Crippen molar-refractivity contribution in [1.29, 1.82) is 0 Å². The van der Waals surface area contributed by atoms with Gasteiger partial charge in [-0.05, 0) is 28.8 Å². The Balaban J connectivity index is 2.07. The molecule has 1 aromatic rings. The Bertz CT molecular complexity index is 447. The van der Waals surface area contributed by atoms with Crippen LogP contribution in [0, 0.1) is 5.92 Å². The summed E-state index contributed by atoms with van der Waals surface area (Å²) in [6.45, 7) is 1.47. The summed E-state index contributed by atoms with van der Waals surface area (Å²) >= 11 is 3.31. The van der Waals surface area contributed by atoms with Crippen LogP contribution in [0.25, 0.3) is 0 Å². The van der Waals surface area contributed by atoms with Gasteiger partial charge in [0.05, 0.1) is 17.8 Å². The zero-order valence-corrected chi connectivity index (χ0v) is 11.7. The number of ether oxygens (including phenoxy) is 1. The van der Waals surface area contributed by atoms with Gasteiger partial charge in [0.25, 0.3) is 0 Å². The Labute approximate surface area is 114 Å². The Morgan fingerprint density at radius 3 is 2.78 bits per heavy atom. The van der Waals surface area contributed by atoms with Crippen molar-refractivity contribution < 1.29 is 9.53 Å². The van der Waals surface area contributed by atoms with E-state index < -0.39 is 0 Å². The summed E-state index contributed by atoms with van der Waals surface area (Å²) in [5.41, 5.74) is 5.30. The van der Waals surface area contributed by atoms with E-state index in [0.29, 0.717) is 11.8 Å². The summed E-state index contributed by atoms with van der Waals surface area (Å²) in [4.78, 5) is 21.7. The minimum atomic E-state index is -0.219. The molecule has 0 unspecified atom stereocenters. The molecular weight excluding hydrogens is 300 g/mol. The van der Waals surface area contributed by atoms with Crippen LogP contribution in [0.15, 0.2) is 10.7 Å². The van der Waals surface area contributed by atoms with Crippen molar-refractivity contribution in [3.8, 4) is 5.88 Å². The molecule has 1 aliphatic rings. The van der Waals surface area contributed by atoms with Crippen molar-refractivity contribution in [2.24, 2.45) is 11.7 Å². The molecule has 6 nitrogen and oxygen atoms in total. The number of nitrogens with zero attached hydrogens (tertiary/aromatic N) is 3. The SMILES string of the molecule is COc1nc(N2CCC(C(N)=O)CC2)ncc1Br. The number of hydrogen-bond acceptors (Lipinski definition) is 5. The Morgan fingerprint density at radius 1 is 1.56 bits per heavy atom. The van der Waals surface area contributed by atoms with E-state index in [1.54, 1.807) is 13.3 Å². The minimum Gasteiger partial charge on any atom is -0.480 e. The normalized spacial score (nSPS) is 16.7. The summed E-state index contributed by atoms with van der Waals surface area (Å²) in [5, 5.41) is 0. The van der Waals surface area contributed by atoms with Gasteiger partial charge < -0.3 is 15.4 Å². The second-order valence-electron chi connectivity index (χ2n) is 4.19. The molecular formula is C11H15BrN4O2. The van der Waals surface area contributed by atoms with Crippen molar-refractivity contribution in [3.05, 3.63) is 10.7 Å². The van der Waals surface area contributed by atoms with E-state index in [9.17, 15) is 4.79 Å². The number of aromatic nitrogens is 2. The van der Waals surface area contributed by atoms with Crippen molar-refractivity contribution >= 4 is 27.8 Å². The maximum absolute atomic E-state index is 11.1. The molecule has 0 radical (unpaired) electrons. The smallest absolute Gasteiger partial charge is 0.232 e. The monoisotopic (exact) mass is 314 g/mol. The fraction of sp³-hybridized carbons (Fsp3) is 0.545. The largest absolute Gasteiger partial charge is 0.480 e. The van der Waals surface area contributed by atoms with E-state index in [4.69, 9.17) is 10.5 Å². The van der Waals surface area contributed by atoms with Crippen LogP contribution in [0.4, 0.5) is 5.95 Å². The predicted octanol–water partition coefficient (Wildman–Crippen LogP) is 0.949. The zero-order valence-electron chi connectivity index (χ0n) is 10.1. The molecule has 0 bridgehead atoms. The maximum Gasteiger partial charge on any atom is 0.232 e. The lowest BCUT2D eigenvalue weighted by molar-refractivity contribution is -0.122. The topological polar surface area (TPSA) is 81.3 Å². The summed E-state index contributed by atoms with van der Waals surface area (Å²) in [7, 11) is 1.57. The van der Waals surface area contributed by atoms with Crippen molar-refractivity contribution in [1.82, 2.24) is 9.97 Å². The highest BCUT2D eigenvalue weighted by atomic mass is 79.9. The fourth-order valence-corrected chi connectivity index (χ4v) is 2.36. The van der Waals surface area contributed by atoms with E-state index in [1.165, 1.54) is 0 Å². The molecule has 1 fully saturated rings. The van der Waals surface area contributed by atoms with Gasteiger partial charge in [-0.2, -0.15) is 4.98 Å². The third-order valence-corrected chi connectivity index (χ3v) is 3.62. The molecule has 1 aliphatic heterocycles. The first-order valence-electron chi connectivity index (χ1n) is 5.72. The van der Waals surface area contributed by atoms with Gasteiger partial charge in [-0.25, -0.2) is 4.98 Å². The highest BCUT2D eigenvalue weighted by Crippen LogP contribution is 2.26. The quantitative estimate of drug-likeness (QED) is 0.898. The van der Waals surface area contributed by atoms with Crippen LogP contribution in [0.3, 0.4) is 0 Å². The third kappa shape index (κ3) is 2.72. The molecule has 0 aromatic carbocycles. The predicted molar refractivity (Wildman–Crippen MR) is 70.4 cm³/mol. The van der Waals surface area contributed by atoms with Gasteiger partial charge in [0.2, 0.25) is 17.7 Å². The van der Waals surface area contributed by atoms with Crippen LogP contribution in [-0.2, 0) is 4.79 Å². The number of nitrogens with two attached hydrogens (primary N) is 1. The molecule has 2 heterocycles. The van der Waals surface area contributed by atoms with Crippen LogP contribution in [0.2, 0.25) is 0 Å². The number of rotatable bonds is 3. The highest BCUT2D eigenvalue weighted by molar-refractivity contribution is 9.10. The number of methoxy groups -OCH3 is 1. The van der Waals surface area contributed by atoms with Crippen LogP contribution in [-0.4, -0.2) is 36.1 Å². The van der Waals surface area contributed by atoms with Crippen molar-refractivity contribution in [2.75, 3.05) is 25.1 Å². The summed E-state index contributed by atoms with van der Waals surface area (Å²) in [6, 6.07) is 0. The Hall–Kier alpha value is -1.37. The van der Waals surface area contributed by atoms with Crippen LogP contribution in [0.1, 0.15) is 12.8 Å². The maximum atomic E-state index is 11.1. The van der Waals surface area contributed by atoms with Gasteiger partial charge in [-0.3, -0.25) is 4.79 Å². The van der Waals surface area contributed by atoms with E-state index in [1.807, 2.05) is 4.90 Å². The highest BCUT2D eigenvalue weighted by Gasteiger charge is 2.24. The third-order valence-electron chi connectivity index (χ3n) is 3.07. The number of amides is 1. The van der Waals surface area contributed by atoms with Gasteiger partial charge in [0, 0.05) is 19.0 Å².